The Morgan fingerprint density at radius 3 is 2.40 bits per heavy atom. The van der Waals surface area contributed by atoms with Crippen molar-refractivity contribution in [2.45, 2.75) is 27.3 Å². The maximum absolute atomic E-state index is 10.9. The molecule has 15 heavy (non-hydrogen) atoms. The highest BCUT2D eigenvalue weighted by molar-refractivity contribution is 6.62. The van der Waals surface area contributed by atoms with Gasteiger partial charge in [0.05, 0.1) is 0 Å². The first-order valence-corrected chi connectivity index (χ1v) is 5.27. The Labute approximate surface area is 95.8 Å². The summed E-state index contributed by atoms with van der Waals surface area (Å²) in [5.41, 5.74) is 4.94. The molecule has 82 valence electrons. The average Bonchev–Trinajstić information content (AvgIpc) is 2.18. The van der Waals surface area contributed by atoms with Crippen molar-refractivity contribution in [1.29, 1.82) is 0 Å². The van der Waals surface area contributed by atoms with E-state index < -0.39 is 5.37 Å². The van der Waals surface area contributed by atoms with E-state index in [0.29, 0.717) is 6.54 Å². The van der Waals surface area contributed by atoms with E-state index in [2.05, 4.69) is 26.8 Å². The van der Waals surface area contributed by atoms with E-state index in [4.69, 9.17) is 11.6 Å². The zero-order chi connectivity index (χ0) is 11.6. The van der Waals surface area contributed by atoms with Gasteiger partial charge in [0, 0.05) is 13.6 Å². The molecule has 1 rings (SSSR count). The zero-order valence-electron chi connectivity index (χ0n) is 9.60. The first-order chi connectivity index (χ1) is 6.93. The molecule has 2 nitrogen and oxygen atoms in total. The predicted octanol–water partition coefficient (Wildman–Crippen LogP) is 3.40. The number of rotatable bonds is 2. The summed E-state index contributed by atoms with van der Waals surface area (Å²) in [5, 5.41) is -0.423. The second-order valence-electron chi connectivity index (χ2n) is 3.90. The van der Waals surface area contributed by atoms with Crippen molar-refractivity contribution in [3.05, 3.63) is 34.4 Å². The number of hydrogen-bond donors (Lipinski definition) is 0. The molecular weight excluding hydrogens is 210 g/mol. The molecule has 1 amide bonds. The number of carbonyl (C=O) groups is 1. The van der Waals surface area contributed by atoms with Crippen LogP contribution in [0.15, 0.2) is 12.1 Å². The molecule has 3 heteroatoms. The summed E-state index contributed by atoms with van der Waals surface area (Å²) in [6.07, 6.45) is 0. The van der Waals surface area contributed by atoms with E-state index in [1.165, 1.54) is 21.6 Å². The van der Waals surface area contributed by atoms with Gasteiger partial charge in [-0.3, -0.25) is 4.79 Å². The monoisotopic (exact) mass is 225 g/mol. The van der Waals surface area contributed by atoms with Crippen LogP contribution in [0.25, 0.3) is 0 Å². The Balaban J connectivity index is 2.97. The highest BCUT2D eigenvalue weighted by Crippen LogP contribution is 2.18. The zero-order valence-corrected chi connectivity index (χ0v) is 10.4. The maximum Gasteiger partial charge on any atom is 0.316 e. The van der Waals surface area contributed by atoms with E-state index >= 15 is 0 Å². The number of nitrogens with zero attached hydrogens (tertiary/aromatic N) is 1. The van der Waals surface area contributed by atoms with Gasteiger partial charge >= 0.3 is 5.37 Å². The quantitative estimate of drug-likeness (QED) is 0.558. The van der Waals surface area contributed by atoms with E-state index in [1.807, 2.05) is 6.07 Å². The predicted molar refractivity (Wildman–Crippen MR) is 63.4 cm³/mol. The van der Waals surface area contributed by atoms with E-state index in [1.54, 1.807) is 7.05 Å². The molecule has 0 radical (unpaired) electrons. The van der Waals surface area contributed by atoms with Gasteiger partial charge in [-0.25, -0.2) is 0 Å². The van der Waals surface area contributed by atoms with Gasteiger partial charge in [0.2, 0.25) is 0 Å². The fraction of sp³-hybridized carbons (Fsp3) is 0.417. The highest BCUT2D eigenvalue weighted by atomic mass is 35.5. The lowest BCUT2D eigenvalue weighted by atomic mass is 9.99. The lowest BCUT2D eigenvalue weighted by Gasteiger charge is -2.17. The molecule has 0 heterocycles. The second-order valence-corrected chi connectivity index (χ2v) is 4.22. The summed E-state index contributed by atoms with van der Waals surface area (Å²) in [6.45, 7) is 6.82. The number of hydrogen-bond acceptors (Lipinski definition) is 1. The summed E-state index contributed by atoms with van der Waals surface area (Å²) >= 11 is 5.39. The molecule has 0 aromatic heterocycles. The molecule has 0 aliphatic heterocycles. The Bertz CT molecular complexity index is 387. The number of halogens is 1. The third-order valence-electron chi connectivity index (χ3n) is 2.88. The van der Waals surface area contributed by atoms with Crippen molar-refractivity contribution < 1.29 is 4.79 Å². The van der Waals surface area contributed by atoms with E-state index in [0.717, 1.165) is 5.56 Å². The van der Waals surface area contributed by atoms with Crippen molar-refractivity contribution >= 4 is 17.0 Å². The minimum atomic E-state index is -0.423. The standard InChI is InChI=1S/C12H16ClNO/c1-8-5-6-11(10(3)9(8)2)7-14(4)12(13)15/h5-6H,7H2,1-4H3. The first kappa shape index (κ1) is 12.1. The topological polar surface area (TPSA) is 20.3 Å². The molecule has 0 fully saturated rings. The SMILES string of the molecule is Cc1ccc(CN(C)C(=O)Cl)c(C)c1C. The minimum absolute atomic E-state index is 0.423. The molecular formula is C12H16ClNO. The van der Waals surface area contributed by atoms with Crippen LogP contribution in [-0.2, 0) is 6.54 Å². The van der Waals surface area contributed by atoms with Gasteiger partial charge in [0.25, 0.3) is 0 Å². The lowest BCUT2D eigenvalue weighted by molar-refractivity contribution is 0.230. The molecule has 1 aromatic carbocycles. The normalized spacial score (nSPS) is 10.2. The molecule has 0 atom stereocenters. The van der Waals surface area contributed by atoms with Crippen molar-refractivity contribution in [2.75, 3.05) is 7.05 Å². The third-order valence-corrected chi connectivity index (χ3v) is 3.17. The number of aryl methyl sites for hydroxylation is 1. The van der Waals surface area contributed by atoms with Crippen molar-refractivity contribution in [2.24, 2.45) is 0 Å². The van der Waals surface area contributed by atoms with Crippen LogP contribution < -0.4 is 0 Å². The molecule has 0 bridgehead atoms. The molecule has 0 spiro atoms. The van der Waals surface area contributed by atoms with Gasteiger partial charge in [-0.2, -0.15) is 0 Å². The van der Waals surface area contributed by atoms with Crippen LogP contribution in [0, 0.1) is 20.8 Å². The van der Waals surface area contributed by atoms with Crippen LogP contribution in [0.5, 0.6) is 0 Å². The van der Waals surface area contributed by atoms with Crippen molar-refractivity contribution in [1.82, 2.24) is 4.90 Å². The van der Waals surface area contributed by atoms with Crippen LogP contribution >= 0.6 is 11.6 Å². The summed E-state index contributed by atoms with van der Waals surface area (Å²) in [7, 11) is 1.70. The smallest absolute Gasteiger partial charge is 0.316 e. The summed E-state index contributed by atoms with van der Waals surface area (Å²) in [6, 6.07) is 4.12. The summed E-state index contributed by atoms with van der Waals surface area (Å²) < 4.78 is 0. The Hall–Kier alpha value is -1.02. The number of amides is 1. The lowest BCUT2D eigenvalue weighted by Crippen LogP contribution is -2.20. The van der Waals surface area contributed by atoms with Gasteiger partial charge in [-0.15, -0.1) is 0 Å². The molecule has 0 N–H and O–H groups in total. The summed E-state index contributed by atoms with van der Waals surface area (Å²) in [4.78, 5) is 12.4. The van der Waals surface area contributed by atoms with Crippen LogP contribution in [0.2, 0.25) is 0 Å². The van der Waals surface area contributed by atoms with Gasteiger partial charge in [-0.05, 0) is 54.6 Å². The van der Waals surface area contributed by atoms with E-state index in [-0.39, 0.29) is 0 Å². The largest absolute Gasteiger partial charge is 0.328 e. The number of carbonyl (C=O) groups excluding carboxylic acids is 1. The fourth-order valence-electron chi connectivity index (χ4n) is 1.50. The Morgan fingerprint density at radius 2 is 1.87 bits per heavy atom. The third kappa shape index (κ3) is 2.72. The second kappa shape index (κ2) is 4.67. The minimum Gasteiger partial charge on any atom is -0.328 e. The summed E-state index contributed by atoms with van der Waals surface area (Å²) in [5.74, 6) is 0. The van der Waals surface area contributed by atoms with E-state index in [9.17, 15) is 4.79 Å². The molecule has 0 unspecified atom stereocenters. The van der Waals surface area contributed by atoms with Gasteiger partial charge < -0.3 is 4.90 Å². The van der Waals surface area contributed by atoms with Gasteiger partial charge in [0.1, 0.15) is 0 Å². The number of benzene rings is 1. The average molecular weight is 226 g/mol. The first-order valence-electron chi connectivity index (χ1n) is 4.89. The van der Waals surface area contributed by atoms with Crippen LogP contribution in [0.1, 0.15) is 22.3 Å². The molecule has 0 saturated carbocycles. The van der Waals surface area contributed by atoms with Crippen LogP contribution in [0.4, 0.5) is 4.79 Å². The molecule has 1 aromatic rings. The van der Waals surface area contributed by atoms with Crippen molar-refractivity contribution in [3.63, 3.8) is 0 Å². The van der Waals surface area contributed by atoms with Crippen LogP contribution in [0.3, 0.4) is 0 Å². The highest BCUT2D eigenvalue weighted by Gasteiger charge is 2.09. The van der Waals surface area contributed by atoms with Crippen molar-refractivity contribution in [3.8, 4) is 0 Å². The molecule has 0 saturated heterocycles. The van der Waals surface area contributed by atoms with Crippen LogP contribution in [-0.4, -0.2) is 17.3 Å². The fourth-order valence-corrected chi connectivity index (χ4v) is 1.56. The molecule has 0 aliphatic rings. The van der Waals surface area contributed by atoms with Gasteiger partial charge in [0.15, 0.2) is 0 Å². The Kier molecular flexibility index (Phi) is 3.75. The van der Waals surface area contributed by atoms with Gasteiger partial charge in [-0.1, -0.05) is 12.1 Å². The Morgan fingerprint density at radius 1 is 1.27 bits per heavy atom. The molecule has 0 aliphatic carbocycles. The maximum atomic E-state index is 10.9.